The van der Waals surface area contributed by atoms with Crippen molar-refractivity contribution in [2.75, 3.05) is 26.2 Å². The average Bonchev–Trinajstić information content (AvgIpc) is 3.43. The van der Waals surface area contributed by atoms with Gasteiger partial charge in [0.1, 0.15) is 11.6 Å². The van der Waals surface area contributed by atoms with Crippen molar-refractivity contribution in [3.05, 3.63) is 46.8 Å². The molecule has 2 aliphatic carbocycles. The van der Waals surface area contributed by atoms with Crippen molar-refractivity contribution in [1.29, 1.82) is 0 Å². The minimum atomic E-state index is -4.56. The molecule has 2 saturated heterocycles. The van der Waals surface area contributed by atoms with Crippen molar-refractivity contribution < 1.29 is 22.4 Å². The predicted octanol–water partition coefficient (Wildman–Crippen LogP) is 3.61. The molecule has 2 aromatic rings. The number of alkyl halides is 3. The Balaban J connectivity index is 0.922. The fourth-order valence-electron chi connectivity index (χ4n) is 5.42. The number of H-pyrrole nitrogens is 1. The predicted molar refractivity (Wildman–Crippen MR) is 113 cm³/mol. The molecule has 1 aromatic carbocycles. The number of halogens is 4. The van der Waals surface area contributed by atoms with Crippen LogP contribution in [0.3, 0.4) is 0 Å². The molecule has 2 saturated carbocycles. The molecule has 3 heterocycles. The minimum Gasteiger partial charge on any atom is -0.323 e. The summed E-state index contributed by atoms with van der Waals surface area (Å²) in [5.41, 5.74) is -0.621. The highest BCUT2D eigenvalue weighted by atomic mass is 19.4. The van der Waals surface area contributed by atoms with E-state index in [-0.39, 0.29) is 29.6 Å². The van der Waals surface area contributed by atoms with Crippen LogP contribution in [0, 0.1) is 11.2 Å². The van der Waals surface area contributed by atoms with E-state index in [1.807, 2.05) is 4.90 Å². The Kier molecular flexibility index (Phi) is 4.91. The molecule has 0 bridgehead atoms. The van der Waals surface area contributed by atoms with Crippen molar-refractivity contribution in [3.8, 4) is 0 Å². The number of carbonyl (C=O) groups excluding carboxylic acids is 1. The molecule has 0 unspecified atom stereocenters. The number of nitrogens with one attached hydrogen (secondary N) is 2. The number of hydrogen-bond donors (Lipinski definition) is 2. The first-order chi connectivity index (χ1) is 16.2. The molecule has 6 rings (SSSR count). The van der Waals surface area contributed by atoms with Crippen LogP contribution in [0.1, 0.15) is 60.3 Å². The summed E-state index contributed by atoms with van der Waals surface area (Å²) in [6.45, 7) is 2.65. The van der Waals surface area contributed by atoms with Crippen molar-refractivity contribution in [2.45, 2.75) is 56.3 Å². The van der Waals surface area contributed by atoms with Crippen molar-refractivity contribution in [1.82, 2.24) is 30.3 Å². The number of urea groups is 1. The lowest BCUT2D eigenvalue weighted by molar-refractivity contribution is -0.137. The van der Waals surface area contributed by atoms with Gasteiger partial charge in [-0.3, -0.25) is 5.10 Å². The van der Waals surface area contributed by atoms with E-state index in [1.165, 1.54) is 12.8 Å². The Morgan fingerprint density at radius 1 is 1.15 bits per heavy atom. The van der Waals surface area contributed by atoms with Crippen LogP contribution in [-0.2, 0) is 12.7 Å². The van der Waals surface area contributed by atoms with Crippen LogP contribution in [0.15, 0.2) is 18.2 Å². The summed E-state index contributed by atoms with van der Waals surface area (Å²) in [6.07, 6.45) is -0.144. The summed E-state index contributed by atoms with van der Waals surface area (Å²) in [5, 5.41) is 10.6. The van der Waals surface area contributed by atoms with Crippen LogP contribution >= 0.6 is 0 Å². The largest absolute Gasteiger partial charge is 0.416 e. The monoisotopic (exact) mass is 478 g/mol. The second-order valence-electron chi connectivity index (χ2n) is 10.4. The molecule has 34 heavy (non-hydrogen) atoms. The van der Waals surface area contributed by atoms with Gasteiger partial charge in [-0.2, -0.15) is 18.3 Å². The first-order valence-electron chi connectivity index (χ1n) is 11.7. The quantitative estimate of drug-likeness (QED) is 0.644. The molecule has 2 N–H and O–H groups in total. The second-order valence-corrected chi connectivity index (χ2v) is 10.4. The van der Waals surface area contributed by atoms with Crippen molar-refractivity contribution >= 4 is 6.03 Å². The van der Waals surface area contributed by atoms with E-state index in [2.05, 4.69) is 20.5 Å². The first kappa shape index (κ1) is 21.8. The lowest BCUT2D eigenvalue weighted by Gasteiger charge is -2.59. The Bertz CT molecular complexity index is 1090. The number of rotatable bonds is 5. The zero-order valence-electron chi connectivity index (χ0n) is 18.5. The highest BCUT2D eigenvalue weighted by molar-refractivity contribution is 5.76. The van der Waals surface area contributed by atoms with Gasteiger partial charge < -0.3 is 15.1 Å². The Morgan fingerprint density at radius 2 is 1.88 bits per heavy atom. The molecule has 1 spiro atoms. The number of hydrogen-bond acceptors (Lipinski definition) is 4. The van der Waals surface area contributed by atoms with Crippen LogP contribution in [-0.4, -0.2) is 63.2 Å². The lowest BCUT2D eigenvalue weighted by atomic mass is 9.57. The van der Waals surface area contributed by atoms with Gasteiger partial charge in [-0.05, 0) is 37.8 Å². The van der Waals surface area contributed by atoms with E-state index in [1.54, 1.807) is 4.90 Å². The Hall–Kier alpha value is -2.69. The molecular weight excluding hydrogens is 452 g/mol. The molecule has 182 valence electrons. The van der Waals surface area contributed by atoms with Crippen LogP contribution in [0.4, 0.5) is 22.4 Å². The van der Waals surface area contributed by atoms with Crippen LogP contribution in [0.5, 0.6) is 0 Å². The summed E-state index contributed by atoms with van der Waals surface area (Å²) >= 11 is 0. The Labute approximate surface area is 193 Å². The molecule has 4 fully saturated rings. The summed E-state index contributed by atoms with van der Waals surface area (Å²) in [7, 11) is 0. The fraction of sp³-hybridized carbons (Fsp3) is 0.609. The fourth-order valence-corrected chi connectivity index (χ4v) is 5.42. The van der Waals surface area contributed by atoms with Gasteiger partial charge >= 0.3 is 12.2 Å². The molecule has 2 aliphatic heterocycles. The van der Waals surface area contributed by atoms with Gasteiger partial charge in [0, 0.05) is 61.6 Å². The van der Waals surface area contributed by atoms with Crippen LogP contribution in [0.25, 0.3) is 0 Å². The van der Waals surface area contributed by atoms with Gasteiger partial charge in [0.2, 0.25) is 0 Å². The number of nitrogens with zero attached hydrogens (tertiary/aromatic N) is 4. The molecular formula is C23H26F4N6O. The minimum absolute atomic E-state index is 0.000338. The maximum Gasteiger partial charge on any atom is 0.416 e. The summed E-state index contributed by atoms with van der Waals surface area (Å²) < 4.78 is 52.0. The van der Waals surface area contributed by atoms with Crippen molar-refractivity contribution in [3.63, 3.8) is 0 Å². The third-order valence-electron chi connectivity index (χ3n) is 7.64. The van der Waals surface area contributed by atoms with E-state index in [0.717, 1.165) is 49.7 Å². The number of benzene rings is 1. The van der Waals surface area contributed by atoms with Crippen LogP contribution < -0.4 is 5.32 Å². The summed E-state index contributed by atoms with van der Waals surface area (Å²) in [5.74, 6) is 2.00. The number of amides is 2. The standard InChI is InChI=1S/C23H26F4N6O/c24-18-5-16(23(25,26)27)4-3-14(18)8-28-17-9-32(10-17)21(34)33-11-22(12-33)6-15(7-22)20-29-19(30-31-20)13-1-2-13/h3-5,13,15,17,28H,1-2,6-12H2,(H,29,30,31). The number of likely N-dealkylation sites (tertiary alicyclic amines) is 2. The zero-order valence-corrected chi connectivity index (χ0v) is 18.5. The summed E-state index contributed by atoms with van der Waals surface area (Å²) in [6, 6.07) is 2.58. The first-order valence-corrected chi connectivity index (χ1v) is 11.7. The lowest BCUT2D eigenvalue weighted by Crippen LogP contribution is -2.69. The third kappa shape index (κ3) is 3.93. The van der Waals surface area contributed by atoms with Gasteiger partial charge in [0.15, 0.2) is 5.82 Å². The van der Waals surface area contributed by atoms with Gasteiger partial charge in [-0.25, -0.2) is 14.2 Å². The molecule has 7 nitrogen and oxygen atoms in total. The smallest absolute Gasteiger partial charge is 0.323 e. The summed E-state index contributed by atoms with van der Waals surface area (Å²) in [4.78, 5) is 21.0. The third-order valence-corrected chi connectivity index (χ3v) is 7.64. The maximum absolute atomic E-state index is 14.0. The van der Waals surface area contributed by atoms with E-state index in [4.69, 9.17) is 0 Å². The van der Waals surface area contributed by atoms with E-state index in [9.17, 15) is 22.4 Å². The SMILES string of the molecule is O=C(N1CC(NCc2ccc(C(F)(F)F)cc2F)C1)N1CC2(CC(c3n[nH]c(C4CC4)n3)C2)C1. The molecule has 2 amide bonds. The topological polar surface area (TPSA) is 77.2 Å². The van der Waals surface area contributed by atoms with Gasteiger partial charge in [0.25, 0.3) is 0 Å². The van der Waals surface area contributed by atoms with E-state index < -0.39 is 17.6 Å². The Morgan fingerprint density at radius 3 is 2.53 bits per heavy atom. The highest BCUT2D eigenvalue weighted by Crippen LogP contribution is 2.55. The van der Waals surface area contributed by atoms with Crippen LogP contribution in [0.2, 0.25) is 0 Å². The van der Waals surface area contributed by atoms with Gasteiger partial charge in [0.05, 0.1) is 5.56 Å². The number of carbonyl (C=O) groups is 1. The number of aromatic nitrogens is 3. The van der Waals surface area contributed by atoms with E-state index >= 15 is 0 Å². The molecule has 1 aromatic heterocycles. The molecule has 0 atom stereocenters. The maximum atomic E-state index is 14.0. The van der Waals surface area contributed by atoms with Gasteiger partial charge in [-0.1, -0.05) is 6.07 Å². The molecule has 0 radical (unpaired) electrons. The van der Waals surface area contributed by atoms with E-state index in [0.29, 0.717) is 31.0 Å². The zero-order chi connectivity index (χ0) is 23.7. The van der Waals surface area contributed by atoms with Crippen molar-refractivity contribution in [2.24, 2.45) is 5.41 Å². The average molecular weight is 478 g/mol. The number of aromatic amines is 1. The normalized spacial score (nSPS) is 22.5. The highest BCUT2D eigenvalue weighted by Gasteiger charge is 2.56. The molecule has 4 aliphatic rings. The second kappa shape index (κ2) is 7.66. The van der Waals surface area contributed by atoms with Gasteiger partial charge in [-0.15, -0.1) is 0 Å². The molecule has 11 heteroatoms.